The predicted molar refractivity (Wildman–Crippen MR) is 65.8 cm³/mol. The first-order valence-corrected chi connectivity index (χ1v) is 5.49. The Morgan fingerprint density at radius 1 is 1.31 bits per heavy atom. The normalized spacial score (nSPS) is 11.5. The van der Waals surface area contributed by atoms with E-state index in [1.54, 1.807) is 7.11 Å². The second-order valence-electron chi connectivity index (χ2n) is 4.43. The van der Waals surface area contributed by atoms with Crippen molar-refractivity contribution in [2.45, 2.75) is 26.1 Å². The SMILES string of the molecule is CNCC(C)(C)OCc1cccc(OC)c1. The Bertz CT molecular complexity index is 323. The van der Waals surface area contributed by atoms with Gasteiger partial charge in [0.1, 0.15) is 5.75 Å². The maximum atomic E-state index is 5.84. The van der Waals surface area contributed by atoms with Gasteiger partial charge in [0.15, 0.2) is 0 Å². The van der Waals surface area contributed by atoms with E-state index in [0.29, 0.717) is 6.61 Å². The molecule has 3 heteroatoms. The van der Waals surface area contributed by atoms with E-state index in [1.165, 1.54) is 0 Å². The first kappa shape index (κ1) is 13.0. The number of hydrogen-bond donors (Lipinski definition) is 1. The standard InChI is InChI=1S/C13H21NO2/c1-13(2,10-14-3)16-9-11-6-5-7-12(8-11)15-4/h5-8,14H,9-10H2,1-4H3. The Morgan fingerprint density at radius 3 is 2.69 bits per heavy atom. The Labute approximate surface area is 97.8 Å². The molecule has 0 heterocycles. The summed E-state index contributed by atoms with van der Waals surface area (Å²) in [7, 11) is 3.60. The zero-order valence-corrected chi connectivity index (χ0v) is 10.5. The Balaban J connectivity index is 2.53. The highest BCUT2D eigenvalue weighted by Crippen LogP contribution is 2.16. The quantitative estimate of drug-likeness (QED) is 0.802. The molecule has 0 saturated heterocycles. The fourth-order valence-corrected chi connectivity index (χ4v) is 1.52. The molecule has 1 aromatic rings. The van der Waals surface area contributed by atoms with Gasteiger partial charge in [0.05, 0.1) is 19.3 Å². The molecule has 0 radical (unpaired) electrons. The molecule has 90 valence electrons. The van der Waals surface area contributed by atoms with Gasteiger partial charge in [-0.3, -0.25) is 0 Å². The van der Waals surface area contributed by atoms with Crippen LogP contribution in [0.25, 0.3) is 0 Å². The third-order valence-corrected chi connectivity index (χ3v) is 2.37. The third-order valence-electron chi connectivity index (χ3n) is 2.37. The minimum absolute atomic E-state index is 0.155. The number of ether oxygens (including phenoxy) is 2. The average Bonchev–Trinajstić information content (AvgIpc) is 2.27. The Morgan fingerprint density at radius 2 is 2.06 bits per heavy atom. The van der Waals surface area contributed by atoms with Gasteiger partial charge in [0.25, 0.3) is 0 Å². The minimum atomic E-state index is -0.155. The number of benzene rings is 1. The third kappa shape index (κ3) is 4.21. The van der Waals surface area contributed by atoms with Crippen LogP contribution in [0, 0.1) is 0 Å². The molecule has 0 unspecified atom stereocenters. The van der Waals surface area contributed by atoms with Crippen LogP contribution < -0.4 is 10.1 Å². The lowest BCUT2D eigenvalue weighted by molar-refractivity contribution is -0.0268. The van der Waals surface area contributed by atoms with Gasteiger partial charge in [-0.15, -0.1) is 0 Å². The van der Waals surface area contributed by atoms with Crippen LogP contribution in [-0.2, 0) is 11.3 Å². The summed E-state index contributed by atoms with van der Waals surface area (Å²) in [6.07, 6.45) is 0. The second-order valence-corrected chi connectivity index (χ2v) is 4.43. The van der Waals surface area contributed by atoms with Gasteiger partial charge in [0, 0.05) is 6.54 Å². The van der Waals surface area contributed by atoms with Crippen molar-refractivity contribution in [1.82, 2.24) is 5.32 Å². The van der Waals surface area contributed by atoms with E-state index in [0.717, 1.165) is 17.9 Å². The second kappa shape index (κ2) is 5.87. The molecule has 1 N–H and O–H groups in total. The van der Waals surface area contributed by atoms with Gasteiger partial charge in [-0.1, -0.05) is 12.1 Å². The van der Waals surface area contributed by atoms with Gasteiger partial charge >= 0.3 is 0 Å². The summed E-state index contributed by atoms with van der Waals surface area (Å²) in [5.41, 5.74) is 0.973. The molecule has 0 bridgehead atoms. The Kier molecular flexibility index (Phi) is 4.77. The van der Waals surface area contributed by atoms with Crippen molar-refractivity contribution < 1.29 is 9.47 Å². The van der Waals surface area contributed by atoms with Crippen LogP contribution in [0.3, 0.4) is 0 Å². The molecule has 0 amide bonds. The van der Waals surface area contributed by atoms with Crippen LogP contribution in [-0.4, -0.2) is 26.3 Å². The van der Waals surface area contributed by atoms with Crippen LogP contribution in [0.4, 0.5) is 0 Å². The molecule has 0 aromatic heterocycles. The highest BCUT2D eigenvalue weighted by atomic mass is 16.5. The molecule has 0 fully saturated rings. The summed E-state index contributed by atoms with van der Waals surface area (Å²) < 4.78 is 11.0. The Hall–Kier alpha value is -1.06. The summed E-state index contributed by atoms with van der Waals surface area (Å²) in [4.78, 5) is 0. The summed E-state index contributed by atoms with van der Waals surface area (Å²) in [6, 6.07) is 7.94. The smallest absolute Gasteiger partial charge is 0.119 e. The number of hydrogen-bond acceptors (Lipinski definition) is 3. The van der Waals surface area contributed by atoms with E-state index in [-0.39, 0.29) is 5.60 Å². The van der Waals surface area contributed by atoms with Crippen molar-refractivity contribution in [3.05, 3.63) is 29.8 Å². The van der Waals surface area contributed by atoms with E-state index in [2.05, 4.69) is 19.2 Å². The van der Waals surface area contributed by atoms with Crippen molar-refractivity contribution >= 4 is 0 Å². The fraction of sp³-hybridized carbons (Fsp3) is 0.538. The van der Waals surface area contributed by atoms with Gasteiger partial charge in [-0.25, -0.2) is 0 Å². The van der Waals surface area contributed by atoms with E-state index < -0.39 is 0 Å². The first-order valence-electron chi connectivity index (χ1n) is 5.49. The van der Waals surface area contributed by atoms with E-state index in [9.17, 15) is 0 Å². The van der Waals surface area contributed by atoms with E-state index in [4.69, 9.17) is 9.47 Å². The highest BCUT2D eigenvalue weighted by Gasteiger charge is 2.16. The number of rotatable bonds is 6. The molecule has 0 aliphatic rings. The summed E-state index contributed by atoms with van der Waals surface area (Å²) >= 11 is 0. The van der Waals surface area contributed by atoms with Crippen molar-refractivity contribution in [3.63, 3.8) is 0 Å². The van der Waals surface area contributed by atoms with Crippen molar-refractivity contribution in [3.8, 4) is 5.75 Å². The summed E-state index contributed by atoms with van der Waals surface area (Å²) in [5, 5.41) is 3.12. The van der Waals surface area contributed by atoms with Crippen LogP contribution in [0.2, 0.25) is 0 Å². The summed E-state index contributed by atoms with van der Waals surface area (Å²) in [5.74, 6) is 0.868. The van der Waals surface area contributed by atoms with Gasteiger partial charge < -0.3 is 14.8 Å². The molecule has 0 saturated carbocycles. The van der Waals surface area contributed by atoms with Crippen molar-refractivity contribution in [2.75, 3.05) is 20.7 Å². The predicted octanol–water partition coefficient (Wildman–Crippen LogP) is 2.21. The number of nitrogens with one attached hydrogen (secondary N) is 1. The zero-order valence-electron chi connectivity index (χ0n) is 10.5. The largest absolute Gasteiger partial charge is 0.497 e. The van der Waals surface area contributed by atoms with Crippen LogP contribution in [0.15, 0.2) is 24.3 Å². The molecule has 1 rings (SSSR count). The topological polar surface area (TPSA) is 30.5 Å². The maximum Gasteiger partial charge on any atom is 0.119 e. The maximum absolute atomic E-state index is 5.84. The van der Waals surface area contributed by atoms with Gasteiger partial charge in [-0.05, 0) is 38.6 Å². The van der Waals surface area contributed by atoms with Gasteiger partial charge in [-0.2, -0.15) is 0 Å². The van der Waals surface area contributed by atoms with Crippen LogP contribution in [0.5, 0.6) is 5.75 Å². The monoisotopic (exact) mass is 223 g/mol. The lowest BCUT2D eigenvalue weighted by Gasteiger charge is -2.25. The zero-order chi connectivity index (χ0) is 12.0. The molecule has 16 heavy (non-hydrogen) atoms. The van der Waals surface area contributed by atoms with Crippen molar-refractivity contribution in [1.29, 1.82) is 0 Å². The number of methoxy groups -OCH3 is 1. The highest BCUT2D eigenvalue weighted by molar-refractivity contribution is 5.27. The molecule has 0 aliphatic heterocycles. The lowest BCUT2D eigenvalue weighted by atomic mass is 10.1. The molecule has 0 atom stereocenters. The first-order chi connectivity index (χ1) is 7.57. The molecular formula is C13H21NO2. The van der Waals surface area contributed by atoms with Crippen LogP contribution in [0.1, 0.15) is 19.4 Å². The molecular weight excluding hydrogens is 202 g/mol. The molecule has 1 aromatic carbocycles. The summed E-state index contributed by atoms with van der Waals surface area (Å²) in [6.45, 7) is 5.58. The molecule has 0 aliphatic carbocycles. The fourth-order valence-electron chi connectivity index (χ4n) is 1.52. The van der Waals surface area contributed by atoms with Crippen LogP contribution >= 0.6 is 0 Å². The molecule has 3 nitrogen and oxygen atoms in total. The molecule has 0 spiro atoms. The van der Waals surface area contributed by atoms with E-state index >= 15 is 0 Å². The minimum Gasteiger partial charge on any atom is -0.497 e. The lowest BCUT2D eigenvalue weighted by Crippen LogP contribution is -2.35. The average molecular weight is 223 g/mol. The number of likely N-dealkylation sites (N-methyl/N-ethyl adjacent to an activating group) is 1. The van der Waals surface area contributed by atoms with Gasteiger partial charge in [0.2, 0.25) is 0 Å². The van der Waals surface area contributed by atoms with Crippen molar-refractivity contribution in [2.24, 2.45) is 0 Å². The van der Waals surface area contributed by atoms with E-state index in [1.807, 2.05) is 31.3 Å².